The third kappa shape index (κ3) is 5.30. The molecule has 2 rings (SSSR count). The second-order valence-electron chi connectivity index (χ2n) is 5.93. The summed E-state index contributed by atoms with van der Waals surface area (Å²) in [5.41, 5.74) is 1.29. The molecular formula is C16H25N3O3S. The molecule has 0 aromatic heterocycles. The van der Waals surface area contributed by atoms with Gasteiger partial charge >= 0.3 is 0 Å². The van der Waals surface area contributed by atoms with Crippen molar-refractivity contribution in [3.8, 4) is 0 Å². The van der Waals surface area contributed by atoms with E-state index in [4.69, 9.17) is 0 Å². The molecule has 1 amide bonds. The molecule has 2 N–H and O–H groups in total. The van der Waals surface area contributed by atoms with Crippen LogP contribution in [0.3, 0.4) is 0 Å². The zero-order chi connectivity index (χ0) is 16.9. The Morgan fingerprint density at radius 1 is 1.26 bits per heavy atom. The smallest absolute Gasteiger partial charge is 0.236 e. The molecule has 1 atom stereocenters. The minimum atomic E-state index is -3.50. The van der Waals surface area contributed by atoms with Crippen LogP contribution in [-0.4, -0.2) is 51.2 Å². The van der Waals surface area contributed by atoms with E-state index in [1.54, 1.807) is 0 Å². The minimum Gasteiger partial charge on any atom is -0.352 e. The molecule has 23 heavy (non-hydrogen) atoms. The number of carbonyl (C=O) groups excluding carboxylic acids is 1. The highest BCUT2D eigenvalue weighted by Crippen LogP contribution is 2.23. The quantitative estimate of drug-likeness (QED) is 0.806. The molecule has 0 aliphatic carbocycles. The molecule has 6 nitrogen and oxygen atoms in total. The Bertz CT molecular complexity index is 611. The highest BCUT2D eigenvalue weighted by Gasteiger charge is 2.25. The van der Waals surface area contributed by atoms with Crippen molar-refractivity contribution in [2.75, 3.05) is 25.9 Å². The first-order valence-corrected chi connectivity index (χ1v) is 9.56. The van der Waals surface area contributed by atoms with E-state index in [9.17, 15) is 13.2 Å². The van der Waals surface area contributed by atoms with E-state index >= 15 is 0 Å². The van der Waals surface area contributed by atoms with Crippen molar-refractivity contribution < 1.29 is 13.2 Å². The van der Waals surface area contributed by atoms with Crippen LogP contribution in [0.15, 0.2) is 30.3 Å². The van der Waals surface area contributed by atoms with Gasteiger partial charge in [0.05, 0.1) is 0 Å². The van der Waals surface area contributed by atoms with Crippen molar-refractivity contribution in [3.05, 3.63) is 35.9 Å². The molecule has 1 saturated heterocycles. The molecule has 1 aliphatic heterocycles. The number of likely N-dealkylation sites (tertiary alicyclic amines) is 1. The Morgan fingerprint density at radius 2 is 1.87 bits per heavy atom. The van der Waals surface area contributed by atoms with E-state index in [-0.39, 0.29) is 6.04 Å². The summed E-state index contributed by atoms with van der Waals surface area (Å²) in [5, 5.41) is 2.82. The van der Waals surface area contributed by atoms with E-state index in [1.807, 2.05) is 18.2 Å². The molecule has 1 aromatic carbocycles. The number of carbonyl (C=O) groups is 1. The van der Waals surface area contributed by atoms with Crippen molar-refractivity contribution in [2.24, 2.45) is 0 Å². The fourth-order valence-electron chi connectivity index (χ4n) is 2.89. The lowest BCUT2D eigenvalue weighted by Gasteiger charge is -2.36. The van der Waals surface area contributed by atoms with Gasteiger partial charge in [-0.25, -0.2) is 13.1 Å². The van der Waals surface area contributed by atoms with Crippen molar-refractivity contribution in [2.45, 2.75) is 31.8 Å². The molecule has 0 bridgehead atoms. The van der Waals surface area contributed by atoms with Crippen LogP contribution >= 0.6 is 0 Å². The molecule has 7 heteroatoms. The summed E-state index contributed by atoms with van der Waals surface area (Å²) in [7, 11) is -2.19. The van der Waals surface area contributed by atoms with Gasteiger partial charge in [0, 0.05) is 25.2 Å². The first-order chi connectivity index (χ1) is 10.9. The van der Waals surface area contributed by atoms with Crippen molar-refractivity contribution in [3.63, 3.8) is 0 Å². The number of amides is 1. The third-order valence-corrected chi connectivity index (χ3v) is 5.62. The van der Waals surface area contributed by atoms with Crippen LogP contribution in [-0.2, 0) is 14.8 Å². The number of nitrogens with one attached hydrogen (secondary N) is 2. The van der Waals surface area contributed by atoms with Gasteiger partial charge in [0.25, 0.3) is 0 Å². The number of sulfonamides is 1. The van der Waals surface area contributed by atoms with Crippen molar-refractivity contribution >= 4 is 15.9 Å². The summed E-state index contributed by atoms with van der Waals surface area (Å²) < 4.78 is 24.9. The maximum atomic E-state index is 11.8. The summed E-state index contributed by atoms with van der Waals surface area (Å²) in [6.07, 6.45) is 1.67. The summed E-state index contributed by atoms with van der Waals surface area (Å²) in [5.74, 6) is -0.946. The van der Waals surface area contributed by atoms with E-state index in [0.29, 0.717) is 6.04 Å². The van der Waals surface area contributed by atoms with Crippen molar-refractivity contribution in [1.29, 1.82) is 0 Å². The number of piperidine rings is 1. The van der Waals surface area contributed by atoms with Gasteiger partial charge in [-0.05, 0) is 32.4 Å². The molecule has 1 heterocycles. The van der Waals surface area contributed by atoms with Gasteiger partial charge in [-0.2, -0.15) is 0 Å². The minimum absolute atomic E-state index is 0.0498. The van der Waals surface area contributed by atoms with Gasteiger partial charge in [-0.3, -0.25) is 9.69 Å². The average Bonchev–Trinajstić information content (AvgIpc) is 2.55. The standard InChI is InChI=1S/C16H25N3O3S/c1-13(14-6-4-3-5-7-14)19-10-8-15(9-11-19)18-16(20)12-23(21,22)17-2/h3-7,13,15,17H,8-12H2,1-2H3,(H,18,20). The van der Waals surface area contributed by atoms with Crippen LogP contribution in [0, 0.1) is 0 Å². The number of nitrogens with zero attached hydrogens (tertiary/aromatic N) is 1. The highest BCUT2D eigenvalue weighted by molar-refractivity contribution is 7.90. The first kappa shape index (κ1) is 17.9. The lowest BCUT2D eigenvalue weighted by Crippen LogP contribution is -2.47. The van der Waals surface area contributed by atoms with Crippen LogP contribution in [0.4, 0.5) is 0 Å². The molecule has 1 fully saturated rings. The lowest BCUT2D eigenvalue weighted by atomic mass is 10.0. The predicted molar refractivity (Wildman–Crippen MR) is 90.4 cm³/mol. The Balaban J connectivity index is 1.81. The van der Waals surface area contributed by atoms with Crippen LogP contribution < -0.4 is 10.0 Å². The lowest BCUT2D eigenvalue weighted by molar-refractivity contribution is -0.119. The Kier molecular flexibility index (Phi) is 6.15. The van der Waals surface area contributed by atoms with Gasteiger partial charge in [0.15, 0.2) is 0 Å². The second-order valence-corrected chi connectivity index (χ2v) is 7.85. The van der Waals surface area contributed by atoms with Gasteiger partial charge in [-0.1, -0.05) is 30.3 Å². The van der Waals surface area contributed by atoms with Crippen LogP contribution in [0.25, 0.3) is 0 Å². The Labute approximate surface area is 138 Å². The normalized spacial score (nSPS) is 18.5. The van der Waals surface area contributed by atoms with Crippen LogP contribution in [0.5, 0.6) is 0 Å². The predicted octanol–water partition coefficient (Wildman–Crippen LogP) is 0.877. The molecule has 1 aromatic rings. The first-order valence-electron chi connectivity index (χ1n) is 7.91. The highest BCUT2D eigenvalue weighted by atomic mass is 32.2. The van der Waals surface area contributed by atoms with Gasteiger partial charge in [0.2, 0.25) is 15.9 Å². The zero-order valence-electron chi connectivity index (χ0n) is 13.7. The largest absolute Gasteiger partial charge is 0.352 e. The summed E-state index contributed by atoms with van der Waals surface area (Å²) in [6.45, 7) is 3.97. The fourth-order valence-corrected chi connectivity index (χ4v) is 3.46. The SMILES string of the molecule is CNS(=O)(=O)CC(=O)NC1CCN(C(C)c2ccccc2)CC1. The number of hydrogen-bond donors (Lipinski definition) is 2. The van der Waals surface area contributed by atoms with Gasteiger partial charge in [0.1, 0.15) is 5.75 Å². The summed E-state index contributed by atoms with van der Waals surface area (Å²) >= 11 is 0. The molecular weight excluding hydrogens is 314 g/mol. The van der Waals surface area contributed by atoms with Gasteiger partial charge in [-0.15, -0.1) is 0 Å². The fraction of sp³-hybridized carbons (Fsp3) is 0.562. The second kappa shape index (κ2) is 7.90. The summed E-state index contributed by atoms with van der Waals surface area (Å²) in [4.78, 5) is 14.2. The van der Waals surface area contributed by atoms with E-state index < -0.39 is 21.7 Å². The van der Waals surface area contributed by atoms with Crippen molar-refractivity contribution in [1.82, 2.24) is 14.9 Å². The molecule has 128 valence electrons. The van der Waals surface area contributed by atoms with Crippen LogP contribution in [0.1, 0.15) is 31.4 Å². The monoisotopic (exact) mass is 339 g/mol. The summed E-state index contributed by atoms with van der Waals surface area (Å²) in [6, 6.07) is 10.7. The molecule has 1 aliphatic rings. The molecule has 0 saturated carbocycles. The Hall–Kier alpha value is -1.44. The maximum Gasteiger partial charge on any atom is 0.236 e. The molecule has 0 radical (unpaired) electrons. The molecule has 1 unspecified atom stereocenters. The van der Waals surface area contributed by atoms with E-state index in [2.05, 4.69) is 34.0 Å². The van der Waals surface area contributed by atoms with Gasteiger partial charge < -0.3 is 5.32 Å². The number of hydrogen-bond acceptors (Lipinski definition) is 4. The van der Waals surface area contributed by atoms with E-state index in [0.717, 1.165) is 25.9 Å². The molecule has 0 spiro atoms. The zero-order valence-corrected chi connectivity index (χ0v) is 14.5. The Morgan fingerprint density at radius 3 is 2.43 bits per heavy atom. The third-order valence-electron chi connectivity index (χ3n) is 4.36. The van der Waals surface area contributed by atoms with E-state index in [1.165, 1.54) is 12.6 Å². The maximum absolute atomic E-state index is 11.8. The average molecular weight is 339 g/mol. The number of rotatable bonds is 6. The van der Waals surface area contributed by atoms with Crippen LogP contribution in [0.2, 0.25) is 0 Å². The topological polar surface area (TPSA) is 78.5 Å². The number of benzene rings is 1.